The lowest BCUT2D eigenvalue weighted by Crippen LogP contribution is -2.34. The fourth-order valence-electron chi connectivity index (χ4n) is 2.28. The first kappa shape index (κ1) is 13.8. The molecule has 104 valence electrons. The topological polar surface area (TPSA) is 20.3 Å². The Morgan fingerprint density at radius 3 is 2.60 bits per heavy atom. The van der Waals surface area contributed by atoms with Gasteiger partial charge in [-0.2, -0.15) is 0 Å². The number of carbonyl (C=O) groups is 1. The van der Waals surface area contributed by atoms with Gasteiger partial charge in [0.05, 0.1) is 0 Å². The van der Waals surface area contributed by atoms with E-state index >= 15 is 0 Å². The molecule has 1 aromatic carbocycles. The number of halogens is 1. The van der Waals surface area contributed by atoms with E-state index in [2.05, 4.69) is 33.4 Å². The zero-order valence-electron chi connectivity index (χ0n) is 11.1. The molecular formula is C16H16BrNOS. The third-order valence-electron chi connectivity index (χ3n) is 3.52. The summed E-state index contributed by atoms with van der Waals surface area (Å²) in [5.74, 6) is 0.163. The molecule has 2 nitrogen and oxygen atoms in total. The van der Waals surface area contributed by atoms with Gasteiger partial charge < -0.3 is 4.90 Å². The molecule has 1 aromatic heterocycles. The molecule has 20 heavy (non-hydrogen) atoms. The molecule has 1 aliphatic carbocycles. The van der Waals surface area contributed by atoms with Crippen LogP contribution in [-0.2, 0) is 6.42 Å². The van der Waals surface area contributed by atoms with E-state index in [1.54, 1.807) is 11.3 Å². The second kappa shape index (κ2) is 6.10. The van der Waals surface area contributed by atoms with Gasteiger partial charge in [-0.05, 0) is 55.0 Å². The van der Waals surface area contributed by atoms with Crippen molar-refractivity contribution in [1.29, 1.82) is 0 Å². The lowest BCUT2D eigenvalue weighted by atomic mass is 10.2. The molecule has 0 N–H and O–H groups in total. The summed E-state index contributed by atoms with van der Waals surface area (Å²) in [6.45, 7) is 0.820. The third kappa shape index (κ3) is 3.30. The van der Waals surface area contributed by atoms with Crippen LogP contribution < -0.4 is 0 Å². The summed E-state index contributed by atoms with van der Waals surface area (Å²) in [6.07, 6.45) is 3.25. The lowest BCUT2D eigenvalue weighted by molar-refractivity contribution is 0.0745. The fraction of sp³-hybridized carbons (Fsp3) is 0.312. The Bertz CT molecular complexity index is 575. The largest absolute Gasteiger partial charge is 0.335 e. The average molecular weight is 350 g/mol. The van der Waals surface area contributed by atoms with E-state index in [4.69, 9.17) is 0 Å². The smallest absolute Gasteiger partial charge is 0.254 e. The number of thiophene rings is 1. The van der Waals surface area contributed by atoms with Crippen LogP contribution in [0.4, 0.5) is 0 Å². The number of nitrogens with zero attached hydrogens (tertiary/aromatic N) is 1. The predicted molar refractivity (Wildman–Crippen MR) is 86.2 cm³/mol. The fourth-order valence-corrected chi connectivity index (χ4v) is 3.24. The van der Waals surface area contributed by atoms with Crippen LogP contribution in [-0.4, -0.2) is 23.4 Å². The highest BCUT2D eigenvalue weighted by atomic mass is 79.9. The molecule has 1 amide bonds. The Labute approximate surface area is 131 Å². The van der Waals surface area contributed by atoms with E-state index in [0.29, 0.717) is 6.04 Å². The molecule has 0 aliphatic heterocycles. The van der Waals surface area contributed by atoms with Gasteiger partial charge in [0.2, 0.25) is 0 Å². The van der Waals surface area contributed by atoms with Crippen molar-refractivity contribution in [3.05, 3.63) is 56.7 Å². The molecule has 1 fully saturated rings. The number of hydrogen-bond acceptors (Lipinski definition) is 2. The molecule has 0 spiro atoms. The first-order valence-electron chi connectivity index (χ1n) is 6.83. The molecule has 0 atom stereocenters. The second-order valence-electron chi connectivity index (χ2n) is 5.07. The predicted octanol–water partition coefficient (Wildman–Crippen LogP) is 4.36. The van der Waals surface area contributed by atoms with Crippen molar-refractivity contribution < 1.29 is 4.79 Å². The van der Waals surface area contributed by atoms with Crippen molar-refractivity contribution >= 4 is 33.2 Å². The molecule has 1 saturated carbocycles. The zero-order valence-corrected chi connectivity index (χ0v) is 13.5. The number of benzene rings is 1. The van der Waals surface area contributed by atoms with Crippen molar-refractivity contribution in [1.82, 2.24) is 4.90 Å². The lowest BCUT2D eigenvalue weighted by Gasteiger charge is -2.22. The van der Waals surface area contributed by atoms with Crippen molar-refractivity contribution in [2.24, 2.45) is 0 Å². The number of hydrogen-bond donors (Lipinski definition) is 0. The minimum Gasteiger partial charge on any atom is -0.335 e. The van der Waals surface area contributed by atoms with Gasteiger partial charge in [-0.1, -0.05) is 22.0 Å². The summed E-state index contributed by atoms with van der Waals surface area (Å²) in [5.41, 5.74) is 0.784. The Kier molecular flexibility index (Phi) is 4.22. The summed E-state index contributed by atoms with van der Waals surface area (Å²) >= 11 is 5.17. The van der Waals surface area contributed by atoms with E-state index < -0.39 is 0 Å². The molecule has 1 aliphatic rings. The van der Waals surface area contributed by atoms with Crippen molar-refractivity contribution in [2.75, 3.05) is 6.54 Å². The van der Waals surface area contributed by atoms with Crippen LogP contribution in [0.5, 0.6) is 0 Å². The maximum atomic E-state index is 12.6. The van der Waals surface area contributed by atoms with Crippen LogP contribution in [0.1, 0.15) is 28.1 Å². The van der Waals surface area contributed by atoms with Gasteiger partial charge in [0.15, 0.2) is 0 Å². The minimum atomic E-state index is 0.163. The standard InChI is InChI=1S/C16H16BrNOS/c17-13-5-3-12(4-6-13)16(19)18(14-7-8-14)10-9-15-2-1-11-20-15/h1-6,11,14H,7-10H2. The normalized spacial score (nSPS) is 14.2. The monoisotopic (exact) mass is 349 g/mol. The maximum absolute atomic E-state index is 12.6. The molecule has 0 radical (unpaired) electrons. The van der Waals surface area contributed by atoms with Gasteiger partial charge in [-0.25, -0.2) is 0 Å². The number of amides is 1. The molecule has 2 aromatic rings. The van der Waals surface area contributed by atoms with Crippen LogP contribution in [0, 0.1) is 0 Å². The maximum Gasteiger partial charge on any atom is 0.254 e. The van der Waals surface area contributed by atoms with E-state index in [1.807, 2.05) is 29.2 Å². The van der Waals surface area contributed by atoms with E-state index in [-0.39, 0.29) is 5.91 Å². The highest BCUT2D eigenvalue weighted by molar-refractivity contribution is 9.10. The number of rotatable bonds is 5. The molecular weight excluding hydrogens is 334 g/mol. The summed E-state index contributed by atoms with van der Waals surface area (Å²) in [7, 11) is 0. The summed E-state index contributed by atoms with van der Waals surface area (Å²) in [4.78, 5) is 16.0. The Hall–Kier alpha value is -1.13. The summed E-state index contributed by atoms with van der Waals surface area (Å²) in [6, 6.07) is 12.3. The second-order valence-corrected chi connectivity index (χ2v) is 7.01. The molecule has 1 heterocycles. The van der Waals surface area contributed by atoms with Gasteiger partial charge in [-0.3, -0.25) is 4.79 Å². The molecule has 0 bridgehead atoms. The van der Waals surface area contributed by atoms with Crippen LogP contribution in [0.3, 0.4) is 0 Å². The highest BCUT2D eigenvalue weighted by Crippen LogP contribution is 2.29. The first-order chi connectivity index (χ1) is 9.74. The minimum absolute atomic E-state index is 0.163. The van der Waals surface area contributed by atoms with Gasteiger partial charge in [0, 0.05) is 27.5 Å². The van der Waals surface area contributed by atoms with Gasteiger partial charge in [-0.15, -0.1) is 11.3 Å². The van der Waals surface area contributed by atoms with E-state index in [0.717, 1.165) is 35.8 Å². The van der Waals surface area contributed by atoms with Crippen LogP contribution >= 0.6 is 27.3 Å². The Morgan fingerprint density at radius 2 is 2.00 bits per heavy atom. The molecule has 0 unspecified atom stereocenters. The molecule has 3 rings (SSSR count). The Balaban J connectivity index is 1.69. The molecule has 0 saturated heterocycles. The number of carbonyl (C=O) groups excluding carboxylic acids is 1. The first-order valence-corrected chi connectivity index (χ1v) is 8.50. The summed E-state index contributed by atoms with van der Waals surface area (Å²) in [5, 5.41) is 2.09. The zero-order chi connectivity index (χ0) is 13.9. The van der Waals surface area contributed by atoms with E-state index in [1.165, 1.54) is 4.88 Å². The van der Waals surface area contributed by atoms with Crippen LogP contribution in [0.25, 0.3) is 0 Å². The van der Waals surface area contributed by atoms with Crippen molar-refractivity contribution in [3.63, 3.8) is 0 Å². The summed E-state index contributed by atoms with van der Waals surface area (Å²) < 4.78 is 1.01. The van der Waals surface area contributed by atoms with Crippen molar-refractivity contribution in [2.45, 2.75) is 25.3 Å². The van der Waals surface area contributed by atoms with E-state index in [9.17, 15) is 4.79 Å². The van der Waals surface area contributed by atoms with Crippen LogP contribution in [0.2, 0.25) is 0 Å². The highest BCUT2D eigenvalue weighted by Gasteiger charge is 2.32. The van der Waals surface area contributed by atoms with Crippen LogP contribution in [0.15, 0.2) is 46.3 Å². The molecule has 4 heteroatoms. The quantitative estimate of drug-likeness (QED) is 0.785. The SMILES string of the molecule is O=C(c1ccc(Br)cc1)N(CCc1cccs1)C1CC1. The van der Waals surface area contributed by atoms with Gasteiger partial charge >= 0.3 is 0 Å². The van der Waals surface area contributed by atoms with Gasteiger partial charge in [0.1, 0.15) is 0 Å². The average Bonchev–Trinajstić information content (AvgIpc) is 3.15. The van der Waals surface area contributed by atoms with Gasteiger partial charge in [0.25, 0.3) is 5.91 Å². The third-order valence-corrected chi connectivity index (χ3v) is 4.98. The van der Waals surface area contributed by atoms with Crippen molar-refractivity contribution in [3.8, 4) is 0 Å². The Morgan fingerprint density at radius 1 is 1.25 bits per heavy atom.